The van der Waals surface area contributed by atoms with Gasteiger partial charge in [-0.25, -0.2) is 0 Å². The Balaban J connectivity index is 1.55. The molecule has 0 aliphatic heterocycles. The zero-order valence-corrected chi connectivity index (χ0v) is 13.1. The third-order valence-corrected chi connectivity index (χ3v) is 5.04. The largest absolute Gasteiger partial charge is 0.385 e. The van der Waals surface area contributed by atoms with Gasteiger partial charge in [0.15, 0.2) is 0 Å². The number of allylic oxidation sites excluding steroid dienone is 1. The summed E-state index contributed by atoms with van der Waals surface area (Å²) in [5, 5.41) is 14.0. The van der Waals surface area contributed by atoms with Crippen molar-refractivity contribution in [2.24, 2.45) is 0 Å². The summed E-state index contributed by atoms with van der Waals surface area (Å²) < 4.78 is 0. The van der Waals surface area contributed by atoms with Crippen LogP contribution in [0.2, 0.25) is 0 Å². The average molecular weight is 299 g/mol. The molecule has 3 nitrogen and oxygen atoms in total. The van der Waals surface area contributed by atoms with Gasteiger partial charge in [0.2, 0.25) is 5.91 Å². The molecule has 2 N–H and O–H groups in total. The van der Waals surface area contributed by atoms with Crippen molar-refractivity contribution >= 4 is 5.91 Å². The third kappa shape index (κ3) is 3.41. The Bertz CT molecular complexity index is 542. The summed E-state index contributed by atoms with van der Waals surface area (Å²) in [5.74, 6) is 0.106. The Morgan fingerprint density at radius 1 is 1.14 bits per heavy atom. The molecule has 3 rings (SSSR count). The Labute approximate surface area is 132 Å². The van der Waals surface area contributed by atoms with Gasteiger partial charge in [-0.15, -0.1) is 0 Å². The molecule has 1 aromatic rings. The van der Waals surface area contributed by atoms with E-state index in [1.165, 1.54) is 6.42 Å². The number of rotatable bonds is 3. The lowest BCUT2D eigenvalue weighted by Crippen LogP contribution is -2.42. The highest BCUT2D eigenvalue weighted by molar-refractivity contribution is 5.93. The molecule has 118 valence electrons. The van der Waals surface area contributed by atoms with Crippen LogP contribution in [0, 0.1) is 0 Å². The summed E-state index contributed by atoms with van der Waals surface area (Å²) in [6.45, 7) is 0. The molecule has 22 heavy (non-hydrogen) atoms. The van der Waals surface area contributed by atoms with Gasteiger partial charge >= 0.3 is 0 Å². The predicted molar refractivity (Wildman–Crippen MR) is 87.3 cm³/mol. The molecule has 1 amide bonds. The third-order valence-electron chi connectivity index (χ3n) is 5.04. The van der Waals surface area contributed by atoms with Gasteiger partial charge in [-0.3, -0.25) is 4.79 Å². The van der Waals surface area contributed by atoms with Crippen LogP contribution in [0.3, 0.4) is 0 Å². The fraction of sp³-hybridized carbons (Fsp3) is 0.526. The van der Waals surface area contributed by atoms with E-state index >= 15 is 0 Å². The quantitative estimate of drug-likeness (QED) is 0.898. The van der Waals surface area contributed by atoms with Gasteiger partial charge in [-0.1, -0.05) is 36.4 Å². The maximum Gasteiger partial charge on any atom is 0.247 e. The lowest BCUT2D eigenvalue weighted by molar-refractivity contribution is -0.119. The zero-order chi connectivity index (χ0) is 15.4. The fourth-order valence-electron chi connectivity index (χ4n) is 3.60. The molecule has 0 bridgehead atoms. The van der Waals surface area contributed by atoms with Gasteiger partial charge in [0.25, 0.3) is 0 Å². The first-order valence-corrected chi connectivity index (χ1v) is 8.45. The molecule has 0 spiro atoms. The van der Waals surface area contributed by atoms with Crippen molar-refractivity contribution in [3.8, 4) is 0 Å². The van der Waals surface area contributed by atoms with Gasteiger partial charge in [-0.05, 0) is 56.9 Å². The summed E-state index contributed by atoms with van der Waals surface area (Å²) in [4.78, 5) is 12.3. The van der Waals surface area contributed by atoms with Crippen molar-refractivity contribution in [1.29, 1.82) is 0 Å². The predicted octanol–water partition coefficient (Wildman–Crippen LogP) is 3.43. The monoisotopic (exact) mass is 299 g/mol. The summed E-state index contributed by atoms with van der Waals surface area (Å²) in [6, 6.07) is 10.1. The SMILES string of the molecule is O=C(NC1CCC(O)(c2ccccc2)CC1)C1=CCCCC1. The zero-order valence-electron chi connectivity index (χ0n) is 13.1. The minimum atomic E-state index is -0.730. The van der Waals surface area contributed by atoms with Gasteiger partial charge < -0.3 is 10.4 Å². The number of hydrogen-bond acceptors (Lipinski definition) is 2. The molecule has 0 atom stereocenters. The van der Waals surface area contributed by atoms with E-state index < -0.39 is 5.60 Å². The number of aliphatic hydroxyl groups is 1. The minimum Gasteiger partial charge on any atom is -0.385 e. The maximum atomic E-state index is 12.3. The van der Waals surface area contributed by atoms with Gasteiger partial charge in [0.05, 0.1) is 5.60 Å². The lowest BCUT2D eigenvalue weighted by Gasteiger charge is -2.37. The first-order valence-electron chi connectivity index (χ1n) is 8.45. The van der Waals surface area contributed by atoms with Crippen molar-refractivity contribution in [2.75, 3.05) is 0 Å². The van der Waals surface area contributed by atoms with Gasteiger partial charge in [0, 0.05) is 11.6 Å². The minimum absolute atomic E-state index is 0.106. The van der Waals surface area contributed by atoms with E-state index in [0.29, 0.717) is 12.8 Å². The Hall–Kier alpha value is -1.61. The second-order valence-corrected chi connectivity index (χ2v) is 6.62. The maximum absolute atomic E-state index is 12.3. The first kappa shape index (κ1) is 15.3. The highest BCUT2D eigenvalue weighted by Gasteiger charge is 2.35. The second-order valence-electron chi connectivity index (χ2n) is 6.62. The standard InChI is InChI=1S/C19H25NO2/c21-18(15-7-3-1-4-8-15)20-17-11-13-19(22,14-12-17)16-9-5-2-6-10-16/h2,5-7,9-10,17,22H,1,3-4,8,11-14H2,(H,20,21). The second kappa shape index (κ2) is 6.66. The van der Waals surface area contributed by atoms with E-state index in [1.54, 1.807) is 0 Å². The molecule has 3 heteroatoms. The van der Waals surface area contributed by atoms with Crippen molar-refractivity contribution in [1.82, 2.24) is 5.32 Å². The number of carbonyl (C=O) groups is 1. The molecule has 1 aromatic carbocycles. The molecule has 1 fully saturated rings. The van der Waals surface area contributed by atoms with Gasteiger partial charge in [-0.2, -0.15) is 0 Å². The van der Waals surface area contributed by atoms with E-state index in [-0.39, 0.29) is 11.9 Å². The number of benzene rings is 1. The summed E-state index contributed by atoms with van der Waals surface area (Å²) >= 11 is 0. The van der Waals surface area contributed by atoms with Crippen LogP contribution in [0.5, 0.6) is 0 Å². The van der Waals surface area contributed by atoms with Crippen LogP contribution in [-0.4, -0.2) is 17.1 Å². The summed E-state index contributed by atoms with van der Waals surface area (Å²) in [7, 11) is 0. The molecule has 0 heterocycles. The lowest BCUT2D eigenvalue weighted by atomic mass is 9.77. The van der Waals surface area contributed by atoms with Crippen LogP contribution < -0.4 is 5.32 Å². The smallest absolute Gasteiger partial charge is 0.247 e. The van der Waals surface area contributed by atoms with Crippen molar-refractivity contribution in [3.05, 3.63) is 47.5 Å². The average Bonchev–Trinajstić information content (AvgIpc) is 2.59. The Morgan fingerprint density at radius 3 is 2.50 bits per heavy atom. The van der Waals surface area contributed by atoms with Crippen molar-refractivity contribution in [3.63, 3.8) is 0 Å². The molecule has 1 saturated carbocycles. The highest BCUT2D eigenvalue weighted by atomic mass is 16.3. The molecule has 0 unspecified atom stereocenters. The van der Waals surface area contributed by atoms with E-state index in [4.69, 9.17) is 0 Å². The highest BCUT2D eigenvalue weighted by Crippen LogP contribution is 2.37. The molecule has 2 aliphatic rings. The normalized spacial score (nSPS) is 28.8. The Kier molecular flexibility index (Phi) is 4.63. The van der Waals surface area contributed by atoms with E-state index in [2.05, 4.69) is 11.4 Å². The number of nitrogens with one attached hydrogen (secondary N) is 1. The van der Waals surface area contributed by atoms with Gasteiger partial charge in [0.1, 0.15) is 0 Å². The molecular formula is C19H25NO2. The van der Waals surface area contributed by atoms with Crippen molar-refractivity contribution in [2.45, 2.75) is 63.0 Å². The van der Waals surface area contributed by atoms with E-state index in [0.717, 1.165) is 43.2 Å². The fourth-order valence-corrected chi connectivity index (χ4v) is 3.60. The molecule has 0 saturated heterocycles. The Morgan fingerprint density at radius 2 is 1.86 bits per heavy atom. The van der Waals surface area contributed by atoms with E-state index in [9.17, 15) is 9.90 Å². The summed E-state index contributed by atoms with van der Waals surface area (Å²) in [5.41, 5.74) is 1.22. The topological polar surface area (TPSA) is 49.3 Å². The van der Waals surface area contributed by atoms with Crippen LogP contribution in [-0.2, 0) is 10.4 Å². The number of hydrogen-bond donors (Lipinski definition) is 2. The molecular weight excluding hydrogens is 274 g/mol. The van der Waals surface area contributed by atoms with Crippen LogP contribution in [0.1, 0.15) is 56.9 Å². The van der Waals surface area contributed by atoms with E-state index in [1.807, 2.05) is 30.3 Å². The van der Waals surface area contributed by atoms with Crippen LogP contribution in [0.15, 0.2) is 42.0 Å². The van der Waals surface area contributed by atoms with Crippen LogP contribution >= 0.6 is 0 Å². The number of carbonyl (C=O) groups excluding carboxylic acids is 1. The summed E-state index contributed by atoms with van der Waals surface area (Å²) in [6.07, 6.45) is 9.44. The molecule has 0 aromatic heterocycles. The molecule has 0 radical (unpaired) electrons. The first-order chi connectivity index (χ1) is 10.7. The number of amides is 1. The van der Waals surface area contributed by atoms with Crippen molar-refractivity contribution < 1.29 is 9.90 Å². The van der Waals surface area contributed by atoms with Crippen LogP contribution in [0.25, 0.3) is 0 Å². The van der Waals surface area contributed by atoms with Crippen LogP contribution in [0.4, 0.5) is 0 Å². The molecule has 2 aliphatic carbocycles.